The largest absolute Gasteiger partial charge is 0.484 e. The average Bonchev–Trinajstić information content (AvgIpc) is 3.04. The molecule has 2 heterocycles. The molecule has 5 nitrogen and oxygen atoms in total. The van der Waals surface area contributed by atoms with Crippen LogP contribution in [0.15, 0.2) is 66.9 Å². The number of benzene rings is 2. The minimum atomic E-state index is -0.235. The minimum Gasteiger partial charge on any atom is -0.484 e. The van der Waals surface area contributed by atoms with Crippen LogP contribution in [0, 0.1) is 6.92 Å². The number of fused-ring (bicyclic) bond motifs is 1. The maximum Gasteiger partial charge on any atom is 0.263 e. The normalized spacial score (nSPS) is 15.2. The van der Waals surface area contributed by atoms with Gasteiger partial charge in [-0.15, -0.1) is 0 Å². The number of hydrogen-bond donors (Lipinski definition) is 1. The van der Waals surface area contributed by atoms with Crippen molar-refractivity contribution in [3.63, 3.8) is 0 Å². The number of aromatic nitrogens is 1. The van der Waals surface area contributed by atoms with E-state index >= 15 is 0 Å². The molecule has 0 fully saturated rings. The molecule has 0 bridgehead atoms. The summed E-state index contributed by atoms with van der Waals surface area (Å²) in [4.78, 5) is 18.8. The van der Waals surface area contributed by atoms with Crippen molar-refractivity contribution in [2.24, 2.45) is 0 Å². The topological polar surface area (TPSA) is 54.5 Å². The van der Waals surface area contributed by atoms with E-state index in [0.717, 1.165) is 17.7 Å². The molecule has 5 heteroatoms. The fourth-order valence-corrected chi connectivity index (χ4v) is 3.52. The van der Waals surface area contributed by atoms with E-state index in [1.165, 1.54) is 11.3 Å². The van der Waals surface area contributed by atoms with Crippen molar-refractivity contribution in [1.29, 1.82) is 0 Å². The first-order valence-electron chi connectivity index (χ1n) is 9.42. The molecular formula is C23H23N3O2. The zero-order valence-electron chi connectivity index (χ0n) is 16.1. The van der Waals surface area contributed by atoms with Crippen molar-refractivity contribution < 1.29 is 9.53 Å². The molecule has 0 saturated carbocycles. The Balaban J connectivity index is 1.38. The first-order valence-corrected chi connectivity index (χ1v) is 9.42. The van der Waals surface area contributed by atoms with Crippen LogP contribution in [0.3, 0.4) is 0 Å². The van der Waals surface area contributed by atoms with Crippen molar-refractivity contribution in [1.82, 2.24) is 4.98 Å². The Bertz CT molecular complexity index is 968. The molecule has 4 rings (SSSR count). The fraction of sp³-hybridized carbons (Fsp3) is 0.217. The molecule has 1 atom stereocenters. The summed E-state index contributed by atoms with van der Waals surface area (Å²) in [7, 11) is 0. The second-order valence-electron chi connectivity index (χ2n) is 7.10. The number of nitrogens with zero attached hydrogens (tertiary/aromatic N) is 2. The lowest BCUT2D eigenvalue weighted by atomic mass is 10.1. The third-order valence-corrected chi connectivity index (χ3v) is 4.89. The summed E-state index contributed by atoms with van der Waals surface area (Å²) >= 11 is 0. The van der Waals surface area contributed by atoms with E-state index < -0.39 is 0 Å². The second-order valence-corrected chi connectivity index (χ2v) is 7.10. The number of amides is 1. The van der Waals surface area contributed by atoms with E-state index in [-0.39, 0.29) is 12.5 Å². The van der Waals surface area contributed by atoms with Crippen LogP contribution in [0.4, 0.5) is 17.2 Å². The Morgan fingerprint density at radius 3 is 2.68 bits per heavy atom. The van der Waals surface area contributed by atoms with Gasteiger partial charge in [-0.25, -0.2) is 4.98 Å². The van der Waals surface area contributed by atoms with E-state index in [9.17, 15) is 4.79 Å². The SMILES string of the molecule is Cc1ccc(OCC(=O)Nc2ccc(N3c4ccccc4CC3C)cn2)cc1. The van der Waals surface area contributed by atoms with Gasteiger partial charge in [-0.2, -0.15) is 0 Å². The van der Waals surface area contributed by atoms with Crippen molar-refractivity contribution >= 4 is 23.1 Å². The molecular weight excluding hydrogens is 350 g/mol. The van der Waals surface area contributed by atoms with Crippen LogP contribution in [0.2, 0.25) is 0 Å². The van der Waals surface area contributed by atoms with Gasteiger partial charge in [-0.1, -0.05) is 35.9 Å². The molecule has 1 amide bonds. The maximum absolute atomic E-state index is 12.1. The lowest BCUT2D eigenvalue weighted by Gasteiger charge is -2.24. The van der Waals surface area contributed by atoms with E-state index in [1.807, 2.05) is 43.3 Å². The van der Waals surface area contributed by atoms with E-state index in [0.29, 0.717) is 17.6 Å². The molecule has 3 aromatic rings. The number of carbonyl (C=O) groups is 1. The van der Waals surface area contributed by atoms with Crippen LogP contribution < -0.4 is 15.0 Å². The summed E-state index contributed by atoms with van der Waals surface area (Å²) in [5.74, 6) is 0.952. The number of hydrogen-bond acceptors (Lipinski definition) is 4. The predicted molar refractivity (Wildman–Crippen MR) is 111 cm³/mol. The number of aryl methyl sites for hydroxylation is 1. The Labute approximate surface area is 165 Å². The van der Waals surface area contributed by atoms with E-state index in [2.05, 4.69) is 46.4 Å². The zero-order valence-corrected chi connectivity index (χ0v) is 16.1. The second kappa shape index (κ2) is 7.72. The van der Waals surface area contributed by atoms with Gasteiger partial charge in [-0.3, -0.25) is 4.79 Å². The highest BCUT2D eigenvalue weighted by molar-refractivity contribution is 5.91. The van der Waals surface area contributed by atoms with Crippen molar-refractivity contribution in [2.75, 3.05) is 16.8 Å². The summed E-state index contributed by atoms with van der Waals surface area (Å²) in [5.41, 5.74) is 4.74. The van der Waals surface area contributed by atoms with Gasteiger partial charge in [0.25, 0.3) is 5.91 Å². The molecule has 0 spiro atoms. The van der Waals surface area contributed by atoms with Gasteiger partial charge in [-0.05, 0) is 56.2 Å². The number of ether oxygens (including phenoxy) is 1. The van der Waals surface area contributed by atoms with Crippen molar-refractivity contribution in [2.45, 2.75) is 26.3 Å². The Morgan fingerprint density at radius 2 is 1.93 bits per heavy atom. The van der Waals surface area contributed by atoms with Crippen molar-refractivity contribution in [3.8, 4) is 5.75 Å². The van der Waals surface area contributed by atoms with Crippen LogP contribution in [0.1, 0.15) is 18.1 Å². The summed E-state index contributed by atoms with van der Waals surface area (Å²) in [6, 6.07) is 20.2. The fourth-order valence-electron chi connectivity index (χ4n) is 3.52. The van der Waals surface area contributed by atoms with Crippen LogP contribution in [0.25, 0.3) is 0 Å². The highest BCUT2D eigenvalue weighted by Crippen LogP contribution is 2.37. The van der Waals surface area contributed by atoms with Crippen LogP contribution in [0.5, 0.6) is 5.75 Å². The molecule has 0 aliphatic carbocycles. The summed E-state index contributed by atoms with van der Waals surface area (Å²) < 4.78 is 5.51. The van der Waals surface area contributed by atoms with Gasteiger partial charge in [0.2, 0.25) is 0 Å². The predicted octanol–water partition coefficient (Wildman–Crippen LogP) is 4.49. The number of nitrogens with one attached hydrogen (secondary N) is 1. The number of rotatable bonds is 5. The Hall–Kier alpha value is -3.34. The molecule has 2 aromatic carbocycles. The third-order valence-electron chi connectivity index (χ3n) is 4.89. The van der Waals surface area contributed by atoms with Gasteiger partial charge < -0.3 is 15.0 Å². The van der Waals surface area contributed by atoms with Crippen LogP contribution in [-0.2, 0) is 11.2 Å². The summed E-state index contributed by atoms with van der Waals surface area (Å²) in [6.07, 6.45) is 2.82. The molecule has 1 unspecified atom stereocenters. The molecule has 1 N–H and O–H groups in total. The molecule has 0 saturated heterocycles. The quantitative estimate of drug-likeness (QED) is 0.716. The lowest BCUT2D eigenvalue weighted by molar-refractivity contribution is -0.118. The van der Waals surface area contributed by atoms with Gasteiger partial charge >= 0.3 is 0 Å². The first kappa shape index (κ1) is 18.0. The van der Waals surface area contributed by atoms with Crippen LogP contribution >= 0.6 is 0 Å². The zero-order chi connectivity index (χ0) is 19.5. The van der Waals surface area contributed by atoms with E-state index in [4.69, 9.17) is 4.74 Å². The van der Waals surface area contributed by atoms with E-state index in [1.54, 1.807) is 6.20 Å². The van der Waals surface area contributed by atoms with Crippen molar-refractivity contribution in [3.05, 3.63) is 78.0 Å². The van der Waals surface area contributed by atoms with Gasteiger partial charge in [0.1, 0.15) is 11.6 Å². The monoisotopic (exact) mass is 373 g/mol. The summed E-state index contributed by atoms with van der Waals surface area (Å²) in [5, 5.41) is 2.78. The maximum atomic E-state index is 12.1. The van der Waals surface area contributed by atoms with Gasteiger partial charge in [0.15, 0.2) is 6.61 Å². The third kappa shape index (κ3) is 3.83. The van der Waals surface area contributed by atoms with Gasteiger partial charge in [0, 0.05) is 11.7 Å². The molecule has 1 aromatic heterocycles. The Kier molecular flexibility index (Phi) is 4.98. The summed E-state index contributed by atoms with van der Waals surface area (Å²) in [6.45, 7) is 4.16. The molecule has 1 aliphatic rings. The molecule has 28 heavy (non-hydrogen) atoms. The average molecular weight is 373 g/mol. The lowest BCUT2D eigenvalue weighted by Crippen LogP contribution is -2.24. The standard InChI is InChI=1S/C23H23N3O2/c1-16-7-10-20(11-8-16)28-15-23(27)25-22-12-9-19(14-24-22)26-17(2)13-18-5-3-4-6-21(18)26/h3-12,14,17H,13,15H2,1-2H3,(H,24,25,27). The smallest absolute Gasteiger partial charge is 0.263 e. The van der Waals surface area contributed by atoms with Crippen LogP contribution in [-0.4, -0.2) is 23.5 Å². The number of para-hydroxylation sites is 1. The first-order chi connectivity index (χ1) is 13.6. The Morgan fingerprint density at radius 1 is 1.14 bits per heavy atom. The minimum absolute atomic E-state index is 0.0526. The highest BCUT2D eigenvalue weighted by Gasteiger charge is 2.26. The number of pyridine rings is 1. The number of anilines is 3. The highest BCUT2D eigenvalue weighted by atomic mass is 16.5. The number of carbonyl (C=O) groups excluding carboxylic acids is 1. The molecule has 1 aliphatic heterocycles. The van der Waals surface area contributed by atoms with Gasteiger partial charge in [0.05, 0.1) is 11.9 Å². The molecule has 142 valence electrons. The molecule has 0 radical (unpaired) electrons.